The van der Waals surface area contributed by atoms with E-state index in [0.717, 1.165) is 0 Å². The number of carbonyl (C=O) groups excluding carboxylic acids is 1. The fourth-order valence-corrected chi connectivity index (χ4v) is 1.09. The monoisotopic (exact) mass is 201 g/mol. The largest absolute Gasteiger partial charge is 0.409 e. The van der Waals surface area contributed by atoms with Crippen LogP contribution in [0.15, 0.2) is 5.16 Å². The maximum atomic E-state index is 11.6. The predicted molar refractivity (Wildman–Crippen MR) is 55.1 cm³/mol. The van der Waals surface area contributed by atoms with Crippen LogP contribution >= 0.6 is 0 Å². The van der Waals surface area contributed by atoms with Gasteiger partial charge in [0.1, 0.15) is 5.84 Å². The van der Waals surface area contributed by atoms with Crippen LogP contribution in [0.25, 0.3) is 0 Å². The van der Waals surface area contributed by atoms with Crippen molar-refractivity contribution in [1.82, 2.24) is 4.90 Å². The van der Waals surface area contributed by atoms with Crippen LogP contribution in [0.4, 0.5) is 0 Å². The van der Waals surface area contributed by atoms with Crippen LogP contribution in [0.3, 0.4) is 0 Å². The van der Waals surface area contributed by atoms with E-state index in [-0.39, 0.29) is 17.7 Å². The molecule has 0 saturated carbocycles. The number of oxime groups is 1. The predicted octanol–water partition coefficient (Wildman–Crippen LogP) is 0.627. The second-order valence-corrected chi connectivity index (χ2v) is 3.41. The van der Waals surface area contributed by atoms with Gasteiger partial charge in [0, 0.05) is 25.4 Å². The van der Waals surface area contributed by atoms with Gasteiger partial charge in [-0.15, -0.1) is 0 Å². The molecular weight excluding hydrogens is 182 g/mol. The Bertz CT molecular complexity index is 214. The van der Waals surface area contributed by atoms with E-state index in [0.29, 0.717) is 19.5 Å². The van der Waals surface area contributed by atoms with Crippen molar-refractivity contribution in [2.24, 2.45) is 16.8 Å². The SMILES string of the molecule is CCN(CCC(N)=NO)C(=O)C(C)C. The number of hydrogen-bond donors (Lipinski definition) is 2. The van der Waals surface area contributed by atoms with Gasteiger partial charge in [-0.3, -0.25) is 4.79 Å². The Balaban J connectivity index is 4.10. The van der Waals surface area contributed by atoms with Gasteiger partial charge in [-0.25, -0.2) is 0 Å². The van der Waals surface area contributed by atoms with E-state index in [4.69, 9.17) is 10.9 Å². The van der Waals surface area contributed by atoms with Gasteiger partial charge in [0.05, 0.1) is 0 Å². The van der Waals surface area contributed by atoms with Crippen LogP contribution in [-0.2, 0) is 4.79 Å². The molecule has 0 aromatic heterocycles. The second-order valence-electron chi connectivity index (χ2n) is 3.41. The molecule has 0 fully saturated rings. The molecule has 0 heterocycles. The van der Waals surface area contributed by atoms with Gasteiger partial charge in [0.25, 0.3) is 0 Å². The molecule has 0 aliphatic rings. The highest BCUT2D eigenvalue weighted by Crippen LogP contribution is 2.01. The summed E-state index contributed by atoms with van der Waals surface area (Å²) in [5.74, 6) is 0.237. The van der Waals surface area contributed by atoms with Gasteiger partial charge < -0.3 is 15.8 Å². The van der Waals surface area contributed by atoms with E-state index in [9.17, 15) is 4.79 Å². The highest BCUT2D eigenvalue weighted by Gasteiger charge is 2.15. The minimum Gasteiger partial charge on any atom is -0.409 e. The van der Waals surface area contributed by atoms with Crippen molar-refractivity contribution in [3.63, 3.8) is 0 Å². The second kappa shape index (κ2) is 6.23. The van der Waals surface area contributed by atoms with Crippen molar-refractivity contribution in [2.75, 3.05) is 13.1 Å². The normalized spacial score (nSPS) is 11.9. The molecule has 0 bridgehead atoms. The maximum Gasteiger partial charge on any atom is 0.225 e. The number of amides is 1. The molecule has 0 rings (SSSR count). The van der Waals surface area contributed by atoms with Gasteiger partial charge >= 0.3 is 0 Å². The van der Waals surface area contributed by atoms with E-state index in [1.54, 1.807) is 4.90 Å². The summed E-state index contributed by atoms with van der Waals surface area (Å²) in [6.07, 6.45) is 0.406. The lowest BCUT2D eigenvalue weighted by molar-refractivity contribution is -0.134. The Hall–Kier alpha value is -1.26. The third-order valence-electron chi connectivity index (χ3n) is 1.95. The lowest BCUT2D eigenvalue weighted by Crippen LogP contribution is -2.36. The van der Waals surface area contributed by atoms with Crippen molar-refractivity contribution < 1.29 is 10.0 Å². The standard InChI is InChI=1S/C9H19N3O2/c1-4-12(9(13)7(2)3)6-5-8(10)11-14/h7,14H,4-6H2,1-3H3,(H2,10,11). The van der Waals surface area contributed by atoms with Gasteiger partial charge in [-0.05, 0) is 6.92 Å². The van der Waals surface area contributed by atoms with Crippen molar-refractivity contribution in [2.45, 2.75) is 27.2 Å². The minimum absolute atomic E-state index is 0.0118. The van der Waals surface area contributed by atoms with Crippen molar-refractivity contribution >= 4 is 11.7 Å². The smallest absolute Gasteiger partial charge is 0.225 e. The third-order valence-corrected chi connectivity index (χ3v) is 1.95. The maximum absolute atomic E-state index is 11.6. The quantitative estimate of drug-likeness (QED) is 0.296. The molecule has 5 heteroatoms. The average Bonchev–Trinajstić information content (AvgIpc) is 2.17. The molecule has 0 aliphatic heterocycles. The first kappa shape index (κ1) is 12.7. The van der Waals surface area contributed by atoms with Gasteiger partial charge in [-0.2, -0.15) is 0 Å². The molecular formula is C9H19N3O2. The van der Waals surface area contributed by atoms with Crippen molar-refractivity contribution in [3.8, 4) is 0 Å². The number of nitrogens with two attached hydrogens (primary N) is 1. The molecule has 82 valence electrons. The number of carbonyl (C=O) groups is 1. The van der Waals surface area contributed by atoms with E-state index >= 15 is 0 Å². The molecule has 3 N–H and O–H groups in total. The average molecular weight is 201 g/mol. The Labute approximate surface area is 84.6 Å². The number of nitrogens with zero attached hydrogens (tertiary/aromatic N) is 2. The zero-order valence-corrected chi connectivity index (χ0v) is 9.03. The zero-order chi connectivity index (χ0) is 11.1. The summed E-state index contributed by atoms with van der Waals surface area (Å²) in [6.45, 7) is 6.77. The molecule has 0 radical (unpaired) electrons. The summed E-state index contributed by atoms with van der Waals surface area (Å²) in [5.41, 5.74) is 5.31. The first-order valence-corrected chi connectivity index (χ1v) is 4.78. The van der Waals surface area contributed by atoms with Gasteiger partial charge in [0.15, 0.2) is 0 Å². The molecule has 0 atom stereocenters. The number of rotatable bonds is 5. The van der Waals surface area contributed by atoms with Crippen LogP contribution in [0.1, 0.15) is 27.2 Å². The molecule has 0 saturated heterocycles. The van der Waals surface area contributed by atoms with E-state index in [1.807, 2.05) is 20.8 Å². The summed E-state index contributed by atoms with van der Waals surface area (Å²) < 4.78 is 0. The van der Waals surface area contributed by atoms with Gasteiger partial charge in [-0.1, -0.05) is 19.0 Å². The summed E-state index contributed by atoms with van der Waals surface area (Å²) in [6, 6.07) is 0. The fraction of sp³-hybridized carbons (Fsp3) is 0.778. The number of hydrogen-bond acceptors (Lipinski definition) is 3. The Morgan fingerprint density at radius 2 is 2.14 bits per heavy atom. The Morgan fingerprint density at radius 3 is 2.50 bits per heavy atom. The highest BCUT2D eigenvalue weighted by molar-refractivity contribution is 5.81. The lowest BCUT2D eigenvalue weighted by atomic mass is 10.2. The number of amidine groups is 1. The summed E-state index contributed by atoms with van der Waals surface area (Å²) >= 11 is 0. The Kier molecular flexibility index (Phi) is 5.67. The van der Waals surface area contributed by atoms with Crippen LogP contribution < -0.4 is 5.73 Å². The molecule has 5 nitrogen and oxygen atoms in total. The summed E-state index contributed by atoms with van der Waals surface area (Å²) in [7, 11) is 0. The molecule has 0 unspecified atom stereocenters. The minimum atomic E-state index is -0.0118. The zero-order valence-electron chi connectivity index (χ0n) is 9.03. The Morgan fingerprint density at radius 1 is 1.57 bits per heavy atom. The van der Waals surface area contributed by atoms with Gasteiger partial charge in [0.2, 0.25) is 5.91 Å². The third kappa shape index (κ3) is 4.11. The molecule has 0 aromatic rings. The van der Waals surface area contributed by atoms with E-state index < -0.39 is 0 Å². The van der Waals surface area contributed by atoms with Crippen molar-refractivity contribution in [3.05, 3.63) is 0 Å². The van der Waals surface area contributed by atoms with Crippen LogP contribution in [0, 0.1) is 5.92 Å². The fourth-order valence-electron chi connectivity index (χ4n) is 1.09. The van der Waals surface area contributed by atoms with E-state index in [1.165, 1.54) is 0 Å². The van der Waals surface area contributed by atoms with Crippen LogP contribution in [0.5, 0.6) is 0 Å². The summed E-state index contributed by atoms with van der Waals surface area (Å²) in [5, 5.41) is 11.2. The van der Waals surface area contributed by atoms with E-state index in [2.05, 4.69) is 5.16 Å². The highest BCUT2D eigenvalue weighted by atomic mass is 16.4. The molecule has 0 aromatic carbocycles. The van der Waals surface area contributed by atoms with Crippen LogP contribution in [-0.4, -0.2) is 34.9 Å². The van der Waals surface area contributed by atoms with Crippen LogP contribution in [0.2, 0.25) is 0 Å². The van der Waals surface area contributed by atoms with Crippen molar-refractivity contribution in [1.29, 1.82) is 0 Å². The first-order valence-electron chi connectivity index (χ1n) is 4.78. The molecule has 1 amide bonds. The lowest BCUT2D eigenvalue weighted by Gasteiger charge is -2.22. The molecule has 14 heavy (non-hydrogen) atoms. The molecule has 0 spiro atoms. The molecule has 0 aliphatic carbocycles. The topological polar surface area (TPSA) is 78.9 Å². The first-order chi connectivity index (χ1) is 6.52. The summed E-state index contributed by atoms with van der Waals surface area (Å²) in [4.78, 5) is 13.3.